The van der Waals surface area contributed by atoms with Crippen molar-refractivity contribution < 1.29 is 34.2 Å². The lowest BCUT2D eigenvalue weighted by Crippen LogP contribution is -2.35. The smallest absolute Gasteiger partial charge is 0.493 e. The summed E-state index contributed by atoms with van der Waals surface area (Å²) in [5.41, 5.74) is 0.586. The molecule has 1 atom stereocenters. The highest BCUT2D eigenvalue weighted by molar-refractivity contribution is 6.62. The van der Waals surface area contributed by atoms with E-state index in [1.807, 2.05) is 0 Å². The second kappa shape index (κ2) is 8.72. The van der Waals surface area contributed by atoms with Gasteiger partial charge in [-0.2, -0.15) is 0 Å². The Morgan fingerprint density at radius 2 is 2.04 bits per heavy atom. The molecule has 1 aliphatic rings. The van der Waals surface area contributed by atoms with Crippen LogP contribution in [0.1, 0.15) is 32.4 Å². The highest BCUT2D eigenvalue weighted by Gasteiger charge is 2.38. The molecule has 0 spiro atoms. The maximum Gasteiger partial charge on any atom is 0.495 e. The summed E-state index contributed by atoms with van der Waals surface area (Å²) in [6.07, 6.45) is -1.10. The molecule has 0 aromatic heterocycles. The molecule has 1 unspecified atom stereocenters. The fourth-order valence-electron chi connectivity index (χ4n) is 2.55. The van der Waals surface area contributed by atoms with Crippen LogP contribution < -0.4 is 15.5 Å². The highest BCUT2D eigenvalue weighted by atomic mass is 16.6. The Labute approximate surface area is 153 Å². The Bertz CT molecular complexity index is 616. The molecule has 1 aromatic carbocycles. The number of fused-ring (bicyclic) bond motifs is 1. The molecule has 144 valence electrons. The molecule has 9 heteroatoms. The number of rotatable bonds is 7. The first kappa shape index (κ1) is 20.5. The van der Waals surface area contributed by atoms with E-state index in [1.165, 1.54) is 0 Å². The molecule has 8 nitrogen and oxygen atoms in total. The quantitative estimate of drug-likeness (QED) is 0.499. The fraction of sp³-hybridized carbons (Fsp3) is 0.588. The molecule has 2 rings (SSSR count). The van der Waals surface area contributed by atoms with Gasteiger partial charge in [-0.1, -0.05) is 12.1 Å². The van der Waals surface area contributed by atoms with Crippen molar-refractivity contribution in [3.63, 3.8) is 0 Å². The Kier molecular flexibility index (Phi) is 6.88. The summed E-state index contributed by atoms with van der Waals surface area (Å²) in [5, 5.41) is 31.1. The minimum atomic E-state index is -1.19. The van der Waals surface area contributed by atoms with Gasteiger partial charge in [0.15, 0.2) is 0 Å². The first-order valence-corrected chi connectivity index (χ1v) is 8.53. The highest BCUT2D eigenvalue weighted by Crippen LogP contribution is 2.27. The van der Waals surface area contributed by atoms with Gasteiger partial charge in [-0.3, -0.25) is 0 Å². The van der Waals surface area contributed by atoms with Crippen LogP contribution in [0.4, 0.5) is 4.79 Å². The third-order valence-electron chi connectivity index (χ3n) is 3.81. The maximum atomic E-state index is 11.8. The van der Waals surface area contributed by atoms with Crippen LogP contribution in [0.15, 0.2) is 18.2 Å². The van der Waals surface area contributed by atoms with Gasteiger partial charge in [-0.05, 0) is 32.4 Å². The summed E-state index contributed by atoms with van der Waals surface area (Å²) >= 11 is 0. The van der Waals surface area contributed by atoms with Crippen molar-refractivity contribution in [1.82, 2.24) is 5.32 Å². The lowest BCUT2D eigenvalue weighted by Gasteiger charge is -2.21. The number of aliphatic hydroxyl groups is 2. The molecule has 1 aromatic rings. The standard InChI is InChI=1S/C17H26BNO7/c1-17(2,3)25-16(22)19-7-14-12-5-4-6-13(15(12)18(23)26-14)24-10-11(8-20)9-21/h4-6,11,14,20-21,23H,7-10H2,1-3H3,(H,19,22). The number of carbonyl (C=O) groups is 1. The summed E-state index contributed by atoms with van der Waals surface area (Å²) in [4.78, 5) is 11.8. The van der Waals surface area contributed by atoms with Crippen molar-refractivity contribution in [2.45, 2.75) is 32.5 Å². The summed E-state index contributed by atoms with van der Waals surface area (Å²) in [7, 11) is -1.19. The summed E-state index contributed by atoms with van der Waals surface area (Å²) in [6, 6.07) is 5.22. The minimum Gasteiger partial charge on any atom is -0.493 e. The Balaban J connectivity index is 2.04. The Morgan fingerprint density at radius 1 is 1.35 bits per heavy atom. The predicted octanol–water partition coefficient (Wildman–Crippen LogP) is -0.0503. The fourth-order valence-corrected chi connectivity index (χ4v) is 2.55. The number of ether oxygens (including phenoxy) is 2. The third kappa shape index (κ3) is 5.34. The first-order valence-electron chi connectivity index (χ1n) is 8.53. The van der Waals surface area contributed by atoms with Crippen LogP contribution >= 0.6 is 0 Å². The van der Waals surface area contributed by atoms with Crippen LogP contribution in [0.3, 0.4) is 0 Å². The van der Waals surface area contributed by atoms with Crippen molar-refractivity contribution in [2.24, 2.45) is 5.92 Å². The van der Waals surface area contributed by atoms with Gasteiger partial charge in [0.05, 0.1) is 25.9 Å². The Hall–Kier alpha value is -1.81. The van der Waals surface area contributed by atoms with Crippen molar-refractivity contribution in [2.75, 3.05) is 26.4 Å². The van der Waals surface area contributed by atoms with E-state index in [9.17, 15) is 9.82 Å². The van der Waals surface area contributed by atoms with Gasteiger partial charge < -0.3 is 34.7 Å². The first-order chi connectivity index (χ1) is 12.2. The van der Waals surface area contributed by atoms with Crippen LogP contribution in [-0.4, -0.2) is 60.4 Å². The lowest BCUT2D eigenvalue weighted by atomic mass is 9.78. The number of benzene rings is 1. The number of hydrogen-bond donors (Lipinski definition) is 4. The number of carbonyl (C=O) groups excluding carboxylic acids is 1. The van der Waals surface area contributed by atoms with Gasteiger partial charge in [-0.15, -0.1) is 0 Å². The van der Waals surface area contributed by atoms with E-state index in [-0.39, 0.29) is 26.4 Å². The SMILES string of the molecule is CC(C)(C)OC(=O)NCC1OB(O)c2c(OCC(CO)CO)cccc21. The minimum absolute atomic E-state index is 0.108. The van der Waals surface area contributed by atoms with Gasteiger partial charge in [0.2, 0.25) is 0 Å². The number of hydrogen-bond acceptors (Lipinski definition) is 7. The zero-order valence-corrected chi connectivity index (χ0v) is 15.3. The van der Waals surface area contributed by atoms with E-state index in [0.717, 1.165) is 0 Å². The molecular formula is C17H26BNO7. The molecule has 0 saturated heterocycles. The van der Waals surface area contributed by atoms with Crippen molar-refractivity contribution in [3.05, 3.63) is 23.8 Å². The van der Waals surface area contributed by atoms with Crippen LogP contribution in [0, 0.1) is 5.92 Å². The average Bonchev–Trinajstić information content (AvgIpc) is 2.89. The van der Waals surface area contributed by atoms with E-state index in [0.29, 0.717) is 16.8 Å². The summed E-state index contributed by atoms with van der Waals surface area (Å²) in [5.74, 6) is 0.0108. The topological polar surface area (TPSA) is 117 Å². The average molecular weight is 367 g/mol. The van der Waals surface area contributed by atoms with Crippen molar-refractivity contribution in [3.8, 4) is 5.75 Å². The maximum absolute atomic E-state index is 11.8. The largest absolute Gasteiger partial charge is 0.495 e. The van der Waals surface area contributed by atoms with E-state index >= 15 is 0 Å². The van der Waals surface area contributed by atoms with Gasteiger partial charge in [0.1, 0.15) is 11.4 Å². The molecule has 4 N–H and O–H groups in total. The molecule has 1 amide bonds. The van der Waals surface area contributed by atoms with Gasteiger partial charge >= 0.3 is 13.2 Å². The normalized spacial score (nSPS) is 16.6. The molecule has 0 radical (unpaired) electrons. The van der Waals surface area contributed by atoms with Gasteiger partial charge in [-0.25, -0.2) is 4.79 Å². The molecular weight excluding hydrogens is 341 g/mol. The molecule has 1 heterocycles. The third-order valence-corrected chi connectivity index (χ3v) is 3.81. The molecule has 0 fully saturated rings. The second-order valence-corrected chi connectivity index (χ2v) is 7.16. The van der Waals surface area contributed by atoms with Crippen LogP contribution in [-0.2, 0) is 9.39 Å². The number of aliphatic hydroxyl groups excluding tert-OH is 2. The molecule has 26 heavy (non-hydrogen) atoms. The monoisotopic (exact) mass is 367 g/mol. The van der Waals surface area contributed by atoms with Crippen LogP contribution in [0.5, 0.6) is 5.75 Å². The zero-order chi connectivity index (χ0) is 19.3. The van der Waals surface area contributed by atoms with Crippen LogP contribution in [0.2, 0.25) is 0 Å². The lowest BCUT2D eigenvalue weighted by molar-refractivity contribution is 0.0498. The molecule has 1 aliphatic heterocycles. The zero-order valence-electron chi connectivity index (χ0n) is 15.3. The number of alkyl carbamates (subject to hydrolysis) is 1. The van der Waals surface area contributed by atoms with E-state index in [2.05, 4.69) is 5.32 Å². The molecule has 0 aliphatic carbocycles. The van der Waals surface area contributed by atoms with Crippen molar-refractivity contribution in [1.29, 1.82) is 0 Å². The van der Waals surface area contributed by atoms with E-state index in [4.69, 9.17) is 24.3 Å². The predicted molar refractivity (Wildman–Crippen MR) is 95.3 cm³/mol. The Morgan fingerprint density at radius 3 is 2.65 bits per heavy atom. The van der Waals surface area contributed by atoms with Gasteiger partial charge in [0, 0.05) is 17.9 Å². The molecule has 0 bridgehead atoms. The van der Waals surface area contributed by atoms with E-state index in [1.54, 1.807) is 39.0 Å². The second-order valence-electron chi connectivity index (χ2n) is 7.16. The summed E-state index contributed by atoms with van der Waals surface area (Å²) in [6.45, 7) is 5.16. The molecule has 0 saturated carbocycles. The summed E-state index contributed by atoms with van der Waals surface area (Å²) < 4.78 is 16.3. The van der Waals surface area contributed by atoms with Gasteiger partial charge in [0.25, 0.3) is 0 Å². The number of amides is 1. The van der Waals surface area contributed by atoms with Crippen molar-refractivity contribution >= 4 is 18.7 Å². The number of nitrogens with one attached hydrogen (secondary N) is 1. The van der Waals surface area contributed by atoms with Crippen LogP contribution in [0.25, 0.3) is 0 Å². The van der Waals surface area contributed by atoms with E-state index < -0.39 is 30.8 Å².